The van der Waals surface area contributed by atoms with Crippen molar-refractivity contribution in [3.8, 4) is 6.19 Å². The summed E-state index contributed by atoms with van der Waals surface area (Å²) in [5.74, 6) is 0. The van der Waals surface area contributed by atoms with Crippen molar-refractivity contribution in [3.05, 3.63) is 0 Å². The first kappa shape index (κ1) is 8.85. The quantitative estimate of drug-likeness (QED) is 0.333. The second-order valence-electron chi connectivity index (χ2n) is 0.129. The summed E-state index contributed by atoms with van der Waals surface area (Å²) in [5.41, 5.74) is 4.15. The van der Waals surface area contributed by atoms with E-state index in [0.29, 0.717) is 0 Å². The van der Waals surface area contributed by atoms with Gasteiger partial charge in [0.2, 0.25) is 0 Å². The zero-order valence-electron chi connectivity index (χ0n) is 3.52. The van der Waals surface area contributed by atoms with E-state index in [0.717, 1.165) is 0 Å². The monoisotopic (exact) mass is 72.1 g/mol. The molecular weight excluding hydrogens is 64.0 g/mol. The van der Waals surface area contributed by atoms with Crippen LogP contribution in [0.4, 0.5) is 0 Å². The summed E-state index contributed by atoms with van der Waals surface area (Å²) in [4.78, 5) is 0. The van der Waals surface area contributed by atoms with Crippen molar-refractivity contribution < 1.29 is 0 Å². The zero-order valence-corrected chi connectivity index (χ0v) is 3.52. The van der Waals surface area contributed by atoms with Gasteiger partial charge in [-0.05, 0) is 0 Å². The van der Waals surface area contributed by atoms with Crippen molar-refractivity contribution in [1.82, 2.24) is 0 Å². The Balaban J connectivity index is 0. The average Bonchev–Trinajstić information content (AvgIpc) is 1.46. The molecule has 0 unspecified atom stereocenters. The Bertz CT molecular complexity index is 26.4. The molecule has 0 atom stereocenters. The summed E-state index contributed by atoms with van der Waals surface area (Å²) in [6, 6.07) is 0. The van der Waals surface area contributed by atoms with Crippen LogP contribution in [0.15, 0.2) is 0 Å². The number of rotatable bonds is 0. The lowest BCUT2D eigenvalue weighted by atomic mass is 11.0. The lowest BCUT2D eigenvalue weighted by Gasteiger charge is -1.24. The molecule has 2 N–H and O–H groups in total. The van der Waals surface area contributed by atoms with Crippen molar-refractivity contribution in [2.75, 3.05) is 0 Å². The smallest absolute Gasteiger partial charge is 0.173 e. The highest BCUT2D eigenvalue weighted by Crippen LogP contribution is 1.14. The maximum atomic E-state index is 7.10. The van der Waals surface area contributed by atoms with Gasteiger partial charge in [-0.1, -0.05) is 13.8 Å². The van der Waals surface area contributed by atoms with E-state index in [1.54, 1.807) is 0 Å². The van der Waals surface area contributed by atoms with Crippen LogP contribution in [0.2, 0.25) is 0 Å². The third-order valence-electron chi connectivity index (χ3n) is 0. The van der Waals surface area contributed by atoms with Crippen LogP contribution in [0.3, 0.4) is 0 Å². The molecule has 0 radical (unpaired) electrons. The molecule has 2 nitrogen and oxygen atoms in total. The highest BCUT2D eigenvalue weighted by molar-refractivity contribution is 4.46. The van der Waals surface area contributed by atoms with E-state index in [1.165, 1.54) is 6.19 Å². The van der Waals surface area contributed by atoms with Crippen molar-refractivity contribution in [2.24, 2.45) is 5.73 Å². The maximum Gasteiger partial charge on any atom is 0.173 e. The standard InChI is InChI=1S/C2H6.CH2N2/c1-2;2-1-3/h1-2H3;2H2. The molecule has 0 aromatic rings. The minimum absolute atomic E-state index is 1.25. The fourth-order valence-corrected chi connectivity index (χ4v) is 0. The number of hydrogen-bond acceptors (Lipinski definition) is 2. The Kier molecular flexibility index (Phi) is 363. The van der Waals surface area contributed by atoms with Crippen molar-refractivity contribution in [3.63, 3.8) is 0 Å². The Morgan fingerprint density at radius 1 is 1.60 bits per heavy atom. The molecule has 0 aliphatic carbocycles. The molecule has 5 heavy (non-hydrogen) atoms. The number of hydrogen-bond donors (Lipinski definition) is 1. The molecule has 0 rings (SSSR count). The molecule has 0 aliphatic rings. The van der Waals surface area contributed by atoms with Crippen molar-refractivity contribution in [2.45, 2.75) is 13.8 Å². The third-order valence-corrected chi connectivity index (χ3v) is 0. The topological polar surface area (TPSA) is 49.8 Å². The van der Waals surface area contributed by atoms with Crippen LogP contribution in [0, 0.1) is 11.5 Å². The minimum Gasteiger partial charge on any atom is -0.337 e. The van der Waals surface area contributed by atoms with Crippen molar-refractivity contribution in [1.29, 1.82) is 5.26 Å². The Labute approximate surface area is 32.2 Å². The van der Waals surface area contributed by atoms with Crippen LogP contribution in [-0.2, 0) is 0 Å². The first-order valence-corrected chi connectivity index (χ1v) is 1.51. The maximum absolute atomic E-state index is 7.10. The van der Waals surface area contributed by atoms with E-state index in [-0.39, 0.29) is 0 Å². The van der Waals surface area contributed by atoms with Crippen LogP contribution in [0.5, 0.6) is 0 Å². The Hall–Kier alpha value is -0.710. The summed E-state index contributed by atoms with van der Waals surface area (Å²) in [6.45, 7) is 4.00. The average molecular weight is 72.1 g/mol. The molecular formula is C3H8N2. The molecule has 0 amide bonds. The predicted octanol–water partition coefficient (Wildman–Crippen LogP) is 0.452. The third kappa shape index (κ3) is 10.9. The van der Waals surface area contributed by atoms with E-state index >= 15 is 0 Å². The van der Waals surface area contributed by atoms with Gasteiger partial charge in [-0.25, -0.2) is 0 Å². The molecule has 0 heterocycles. The molecule has 0 saturated heterocycles. The van der Waals surface area contributed by atoms with Gasteiger partial charge in [0.25, 0.3) is 0 Å². The van der Waals surface area contributed by atoms with E-state index < -0.39 is 0 Å². The minimum atomic E-state index is 1.25. The van der Waals surface area contributed by atoms with E-state index in [9.17, 15) is 0 Å². The summed E-state index contributed by atoms with van der Waals surface area (Å²) < 4.78 is 0. The van der Waals surface area contributed by atoms with Gasteiger partial charge >= 0.3 is 0 Å². The Morgan fingerprint density at radius 2 is 1.60 bits per heavy atom. The lowest BCUT2D eigenvalue weighted by Crippen LogP contribution is -1.69. The molecule has 30 valence electrons. The van der Waals surface area contributed by atoms with Gasteiger partial charge in [0, 0.05) is 0 Å². The van der Waals surface area contributed by atoms with Gasteiger partial charge < -0.3 is 5.73 Å². The molecule has 0 aliphatic heterocycles. The number of nitrogens with zero attached hydrogens (tertiary/aromatic N) is 1. The molecule has 0 bridgehead atoms. The van der Waals surface area contributed by atoms with E-state index in [1.807, 2.05) is 13.8 Å². The van der Waals surface area contributed by atoms with E-state index in [2.05, 4.69) is 5.73 Å². The highest BCUT2D eigenvalue weighted by Gasteiger charge is 1.12. The number of nitriles is 1. The first-order chi connectivity index (χ1) is 2.41. The van der Waals surface area contributed by atoms with Crippen molar-refractivity contribution >= 4 is 0 Å². The zero-order chi connectivity index (χ0) is 4.71. The summed E-state index contributed by atoms with van der Waals surface area (Å²) in [5, 5.41) is 7.10. The van der Waals surface area contributed by atoms with Crippen LogP contribution < -0.4 is 5.73 Å². The lowest BCUT2D eigenvalue weighted by molar-refractivity contribution is 1.45. The largest absolute Gasteiger partial charge is 0.337 e. The first-order valence-electron chi connectivity index (χ1n) is 1.51. The number of nitrogens with two attached hydrogens (primary N) is 1. The molecule has 0 aromatic carbocycles. The fraction of sp³-hybridized carbons (Fsp3) is 0.667. The van der Waals surface area contributed by atoms with Crippen LogP contribution in [0.25, 0.3) is 0 Å². The van der Waals surface area contributed by atoms with E-state index in [4.69, 9.17) is 5.26 Å². The molecule has 0 spiro atoms. The molecule has 0 saturated carbocycles. The van der Waals surface area contributed by atoms with Crippen LogP contribution >= 0.6 is 0 Å². The van der Waals surface area contributed by atoms with Gasteiger partial charge in [0.05, 0.1) is 0 Å². The summed E-state index contributed by atoms with van der Waals surface area (Å²) in [6.07, 6.45) is 1.25. The second-order valence-corrected chi connectivity index (χ2v) is 0.129. The van der Waals surface area contributed by atoms with Gasteiger partial charge in [-0.15, -0.1) is 0 Å². The molecule has 0 aromatic heterocycles. The van der Waals surface area contributed by atoms with Gasteiger partial charge in [0.15, 0.2) is 6.19 Å². The molecule has 2 heteroatoms. The van der Waals surface area contributed by atoms with Gasteiger partial charge in [-0.3, -0.25) is 0 Å². The predicted molar refractivity (Wildman–Crippen MR) is 21.1 cm³/mol. The Morgan fingerprint density at radius 3 is 1.60 bits per heavy atom. The SMILES string of the molecule is CC.N#CN. The summed E-state index contributed by atoms with van der Waals surface area (Å²) in [7, 11) is 0. The van der Waals surface area contributed by atoms with Crippen LogP contribution in [0.1, 0.15) is 13.8 Å². The normalized spacial score (nSPS) is 2.60. The fourth-order valence-electron chi connectivity index (χ4n) is 0. The van der Waals surface area contributed by atoms with Gasteiger partial charge in [0.1, 0.15) is 0 Å². The van der Waals surface area contributed by atoms with Crippen LogP contribution in [-0.4, -0.2) is 0 Å². The highest BCUT2D eigenvalue weighted by atomic mass is 14.5. The summed E-state index contributed by atoms with van der Waals surface area (Å²) >= 11 is 0. The molecule has 0 fully saturated rings. The second kappa shape index (κ2) is 205. The van der Waals surface area contributed by atoms with Gasteiger partial charge in [-0.2, -0.15) is 5.26 Å².